The van der Waals surface area contributed by atoms with Crippen LogP contribution in [0.5, 0.6) is 5.75 Å². The molecule has 1 heterocycles. The van der Waals surface area contributed by atoms with Gasteiger partial charge in [0.15, 0.2) is 0 Å². The number of carbonyl (C=O) groups is 2. The van der Waals surface area contributed by atoms with E-state index in [0.29, 0.717) is 30.1 Å². The summed E-state index contributed by atoms with van der Waals surface area (Å²) in [5, 5.41) is 2.26. The van der Waals surface area contributed by atoms with E-state index < -0.39 is 29.5 Å². The number of ether oxygens (including phenoxy) is 1. The summed E-state index contributed by atoms with van der Waals surface area (Å²) in [4.78, 5) is 27.5. The molecule has 0 bridgehead atoms. The van der Waals surface area contributed by atoms with Crippen molar-refractivity contribution in [3.8, 4) is 5.75 Å². The molecule has 0 unspecified atom stereocenters. The Bertz CT molecular complexity index is 933. The van der Waals surface area contributed by atoms with Gasteiger partial charge in [0, 0.05) is 18.8 Å². The Kier molecular flexibility index (Phi) is 5.62. The summed E-state index contributed by atoms with van der Waals surface area (Å²) >= 11 is 0. The topological polar surface area (TPSA) is 61.9 Å². The molecule has 3 amide bonds. The maximum atomic E-state index is 13.3. The van der Waals surface area contributed by atoms with E-state index in [4.69, 9.17) is 4.74 Å². The highest BCUT2D eigenvalue weighted by molar-refractivity contribution is 6.00. The van der Waals surface area contributed by atoms with Gasteiger partial charge >= 0.3 is 12.2 Å². The highest BCUT2D eigenvalue weighted by atomic mass is 19.4. The van der Waals surface area contributed by atoms with E-state index in [1.165, 1.54) is 16.9 Å². The molecule has 2 aromatic rings. The van der Waals surface area contributed by atoms with Crippen LogP contribution in [0.15, 0.2) is 42.5 Å². The minimum absolute atomic E-state index is 0.211. The van der Waals surface area contributed by atoms with Crippen LogP contribution in [-0.2, 0) is 11.0 Å². The van der Waals surface area contributed by atoms with Crippen LogP contribution in [-0.4, -0.2) is 43.6 Å². The molecule has 0 spiro atoms. The molecule has 1 saturated heterocycles. The van der Waals surface area contributed by atoms with E-state index in [-0.39, 0.29) is 18.8 Å². The lowest BCUT2D eigenvalue weighted by molar-refractivity contribution is -0.140. The maximum Gasteiger partial charge on any atom is 0.419 e. The normalized spacial score (nSPS) is 14.3. The fourth-order valence-corrected chi connectivity index (χ4v) is 3.00. The number of hydrogen-bond donors (Lipinski definition) is 1. The van der Waals surface area contributed by atoms with Crippen molar-refractivity contribution >= 4 is 23.3 Å². The van der Waals surface area contributed by atoms with Gasteiger partial charge in [0.05, 0.1) is 18.4 Å². The van der Waals surface area contributed by atoms with Crippen molar-refractivity contribution in [3.63, 3.8) is 0 Å². The Labute approximate surface area is 163 Å². The summed E-state index contributed by atoms with van der Waals surface area (Å²) in [5.74, 6) is -1.63. The average Bonchev–Trinajstić information content (AvgIpc) is 3.02. The van der Waals surface area contributed by atoms with Crippen LogP contribution in [0.25, 0.3) is 0 Å². The molecule has 10 heteroatoms. The van der Waals surface area contributed by atoms with Crippen LogP contribution in [0.3, 0.4) is 0 Å². The van der Waals surface area contributed by atoms with Gasteiger partial charge in [-0.15, -0.1) is 0 Å². The van der Waals surface area contributed by atoms with Crippen LogP contribution in [0.2, 0.25) is 0 Å². The van der Waals surface area contributed by atoms with Gasteiger partial charge in [-0.05, 0) is 30.3 Å². The van der Waals surface area contributed by atoms with Gasteiger partial charge in [-0.3, -0.25) is 9.69 Å². The molecule has 0 atom stereocenters. The predicted octanol–water partition coefficient (Wildman–Crippen LogP) is 3.73. The van der Waals surface area contributed by atoms with Crippen LogP contribution in [0, 0.1) is 5.82 Å². The van der Waals surface area contributed by atoms with Crippen molar-refractivity contribution in [3.05, 3.63) is 53.8 Å². The average molecular weight is 411 g/mol. The van der Waals surface area contributed by atoms with Crippen LogP contribution < -0.4 is 15.0 Å². The molecule has 6 nitrogen and oxygen atoms in total. The number of anilines is 2. The summed E-state index contributed by atoms with van der Waals surface area (Å²) in [7, 11) is 1.47. The molecule has 1 fully saturated rings. The number of benzene rings is 2. The third-order valence-electron chi connectivity index (χ3n) is 4.36. The standard InChI is InChI=1S/C19H17F4N3O3/c1-29-16-5-3-2-4-15(16)26-9-8-25(18(26)28)11-17(27)24-12-6-7-14(20)13(10-12)19(21,22)23/h2-7,10H,8-9,11H2,1H3,(H,24,27). The number of carbonyl (C=O) groups excluding carboxylic acids is 2. The van der Waals surface area contributed by atoms with Gasteiger partial charge in [-0.1, -0.05) is 12.1 Å². The Hall–Kier alpha value is -3.30. The van der Waals surface area contributed by atoms with Gasteiger partial charge in [0.25, 0.3) is 0 Å². The van der Waals surface area contributed by atoms with Crippen molar-refractivity contribution in [2.24, 2.45) is 0 Å². The van der Waals surface area contributed by atoms with Gasteiger partial charge in [-0.2, -0.15) is 13.2 Å². The number of urea groups is 1. The summed E-state index contributed by atoms with van der Waals surface area (Å²) < 4.78 is 57.0. The molecule has 1 aliphatic heterocycles. The lowest BCUT2D eigenvalue weighted by Crippen LogP contribution is -2.37. The van der Waals surface area contributed by atoms with Crippen molar-refractivity contribution < 1.29 is 31.9 Å². The molecule has 29 heavy (non-hydrogen) atoms. The second kappa shape index (κ2) is 7.98. The van der Waals surface area contributed by atoms with Crippen molar-refractivity contribution in [1.82, 2.24) is 4.90 Å². The molecular weight excluding hydrogens is 394 g/mol. The zero-order valence-electron chi connectivity index (χ0n) is 15.3. The number of para-hydroxylation sites is 2. The third-order valence-corrected chi connectivity index (χ3v) is 4.36. The Balaban J connectivity index is 1.67. The number of nitrogens with one attached hydrogen (secondary N) is 1. The van der Waals surface area contributed by atoms with Crippen molar-refractivity contribution in [2.75, 3.05) is 37.0 Å². The van der Waals surface area contributed by atoms with Crippen molar-refractivity contribution in [2.45, 2.75) is 6.18 Å². The van der Waals surface area contributed by atoms with Gasteiger partial charge in [-0.25, -0.2) is 9.18 Å². The zero-order valence-corrected chi connectivity index (χ0v) is 15.3. The number of nitrogens with zero attached hydrogens (tertiary/aromatic N) is 2. The summed E-state index contributed by atoms with van der Waals surface area (Å²) in [6.45, 7) is 0.214. The highest BCUT2D eigenvalue weighted by Crippen LogP contribution is 2.33. The fourth-order valence-electron chi connectivity index (χ4n) is 3.00. The second-order valence-electron chi connectivity index (χ2n) is 6.27. The van der Waals surface area contributed by atoms with E-state index in [9.17, 15) is 27.2 Å². The second-order valence-corrected chi connectivity index (χ2v) is 6.27. The number of amides is 3. The lowest BCUT2D eigenvalue weighted by atomic mass is 10.2. The maximum absolute atomic E-state index is 13.3. The number of halogens is 4. The van der Waals surface area contributed by atoms with Gasteiger partial charge in [0.1, 0.15) is 18.1 Å². The van der Waals surface area contributed by atoms with E-state index in [2.05, 4.69) is 5.32 Å². The SMILES string of the molecule is COc1ccccc1N1CCN(CC(=O)Nc2ccc(F)c(C(F)(F)F)c2)C1=O. The summed E-state index contributed by atoms with van der Waals surface area (Å²) in [6, 6.07) is 8.64. The number of rotatable bonds is 5. The summed E-state index contributed by atoms with van der Waals surface area (Å²) in [6.07, 6.45) is -4.88. The largest absolute Gasteiger partial charge is 0.495 e. The monoisotopic (exact) mass is 411 g/mol. The molecule has 0 saturated carbocycles. The molecule has 0 aromatic heterocycles. The summed E-state index contributed by atoms with van der Waals surface area (Å²) in [5.41, 5.74) is -1.14. The Morgan fingerprint density at radius 1 is 1.17 bits per heavy atom. The number of hydrogen-bond acceptors (Lipinski definition) is 3. The van der Waals surface area contributed by atoms with E-state index in [1.807, 2.05) is 0 Å². The molecule has 1 N–H and O–H groups in total. The first-order valence-corrected chi connectivity index (χ1v) is 8.56. The molecule has 154 valence electrons. The highest BCUT2D eigenvalue weighted by Gasteiger charge is 2.35. The minimum atomic E-state index is -4.88. The molecule has 3 rings (SSSR count). The first-order chi connectivity index (χ1) is 13.7. The first-order valence-electron chi connectivity index (χ1n) is 8.56. The smallest absolute Gasteiger partial charge is 0.419 e. The number of methoxy groups -OCH3 is 1. The predicted molar refractivity (Wildman–Crippen MR) is 97.3 cm³/mol. The van der Waals surface area contributed by atoms with Gasteiger partial charge < -0.3 is 15.0 Å². The van der Waals surface area contributed by atoms with Crippen molar-refractivity contribution in [1.29, 1.82) is 0 Å². The fraction of sp³-hybridized carbons (Fsp3) is 0.263. The molecule has 2 aromatic carbocycles. The molecular formula is C19H17F4N3O3. The molecule has 1 aliphatic rings. The quantitative estimate of drug-likeness (QED) is 0.763. The molecule has 0 aliphatic carbocycles. The Morgan fingerprint density at radius 3 is 2.59 bits per heavy atom. The molecule has 0 radical (unpaired) electrons. The van der Waals surface area contributed by atoms with Crippen LogP contribution >= 0.6 is 0 Å². The number of alkyl halides is 3. The first kappa shape index (κ1) is 20.4. The van der Waals surface area contributed by atoms with Gasteiger partial charge in [0.2, 0.25) is 5.91 Å². The zero-order chi connectivity index (χ0) is 21.2. The van der Waals surface area contributed by atoms with E-state index in [1.54, 1.807) is 24.3 Å². The van der Waals surface area contributed by atoms with E-state index >= 15 is 0 Å². The Morgan fingerprint density at radius 2 is 1.90 bits per heavy atom. The minimum Gasteiger partial charge on any atom is -0.495 e. The third kappa shape index (κ3) is 4.41. The lowest BCUT2D eigenvalue weighted by Gasteiger charge is -2.20. The van der Waals surface area contributed by atoms with Crippen LogP contribution in [0.1, 0.15) is 5.56 Å². The van der Waals surface area contributed by atoms with Crippen LogP contribution in [0.4, 0.5) is 33.7 Å². The van der Waals surface area contributed by atoms with E-state index in [0.717, 1.165) is 6.07 Å².